The molecular formula is C19H22N3O4P. The molecule has 0 radical (unpaired) electrons. The summed E-state index contributed by atoms with van der Waals surface area (Å²) in [4.78, 5) is 8.50. The van der Waals surface area contributed by atoms with Crippen LogP contribution in [0.2, 0.25) is 0 Å². The summed E-state index contributed by atoms with van der Waals surface area (Å²) < 4.78 is 30.0. The van der Waals surface area contributed by atoms with E-state index < -0.39 is 7.60 Å². The number of rotatable bonds is 9. The van der Waals surface area contributed by atoms with Crippen LogP contribution in [-0.4, -0.2) is 23.2 Å². The Hall–Kier alpha value is -2.47. The first-order valence-electron chi connectivity index (χ1n) is 8.75. The van der Waals surface area contributed by atoms with E-state index in [4.69, 9.17) is 13.5 Å². The summed E-state index contributed by atoms with van der Waals surface area (Å²) in [5, 5.41) is 3.16. The van der Waals surface area contributed by atoms with Crippen LogP contribution >= 0.6 is 7.60 Å². The molecule has 3 aromatic rings. The highest BCUT2D eigenvalue weighted by Gasteiger charge is 2.35. The molecule has 0 aliphatic carbocycles. The van der Waals surface area contributed by atoms with E-state index in [1.807, 2.05) is 36.4 Å². The van der Waals surface area contributed by atoms with Gasteiger partial charge in [-0.15, -0.1) is 0 Å². The van der Waals surface area contributed by atoms with Gasteiger partial charge in [0.2, 0.25) is 17.2 Å². The van der Waals surface area contributed by atoms with Crippen LogP contribution < -0.4 is 10.8 Å². The molecule has 0 spiro atoms. The van der Waals surface area contributed by atoms with Crippen LogP contribution in [0, 0.1) is 0 Å². The van der Waals surface area contributed by atoms with Gasteiger partial charge in [-0.25, -0.2) is 0 Å². The molecule has 7 nitrogen and oxygen atoms in total. The number of aromatic nitrogens is 2. The summed E-state index contributed by atoms with van der Waals surface area (Å²) in [6.45, 7) is 4.44. The van der Waals surface area contributed by atoms with Crippen molar-refractivity contribution in [2.24, 2.45) is 0 Å². The third-order valence-electron chi connectivity index (χ3n) is 3.67. The van der Waals surface area contributed by atoms with Gasteiger partial charge in [0.1, 0.15) is 0 Å². The second kappa shape index (κ2) is 8.95. The zero-order valence-corrected chi connectivity index (χ0v) is 16.2. The van der Waals surface area contributed by atoms with Crippen LogP contribution in [0.1, 0.15) is 19.4 Å². The molecule has 0 aliphatic heterocycles. The minimum atomic E-state index is -3.62. The van der Waals surface area contributed by atoms with Crippen LogP contribution in [0.25, 0.3) is 11.5 Å². The number of benzene rings is 1. The molecule has 142 valence electrons. The number of hydrogen-bond donors (Lipinski definition) is 1. The van der Waals surface area contributed by atoms with Crippen molar-refractivity contribution in [1.82, 2.24) is 9.97 Å². The number of nitrogens with zero attached hydrogens (tertiary/aromatic N) is 2. The van der Waals surface area contributed by atoms with Gasteiger partial charge in [-0.05, 0) is 31.5 Å². The van der Waals surface area contributed by atoms with Crippen molar-refractivity contribution in [1.29, 1.82) is 0 Å². The average Bonchev–Trinajstić information content (AvgIpc) is 3.13. The maximum atomic E-state index is 13.3. The zero-order valence-electron chi connectivity index (χ0n) is 15.3. The normalized spacial score (nSPS) is 11.5. The Balaban J connectivity index is 1.98. The van der Waals surface area contributed by atoms with Gasteiger partial charge in [0.15, 0.2) is 0 Å². The van der Waals surface area contributed by atoms with E-state index in [1.165, 1.54) is 0 Å². The first-order chi connectivity index (χ1) is 13.2. The van der Waals surface area contributed by atoms with Crippen LogP contribution in [0.5, 0.6) is 0 Å². The van der Waals surface area contributed by atoms with Gasteiger partial charge in [0.05, 0.1) is 18.8 Å². The second-order valence-electron chi connectivity index (χ2n) is 5.59. The molecule has 0 bridgehead atoms. The average molecular weight is 387 g/mol. The molecule has 0 amide bonds. The summed E-state index contributed by atoms with van der Waals surface area (Å²) in [6.07, 6.45) is 3.29. The number of anilines is 1. The van der Waals surface area contributed by atoms with E-state index in [0.29, 0.717) is 18.0 Å². The van der Waals surface area contributed by atoms with Crippen LogP contribution in [-0.2, 0) is 20.2 Å². The van der Waals surface area contributed by atoms with Gasteiger partial charge in [0.25, 0.3) is 0 Å². The number of pyridine rings is 1. The molecule has 8 heteroatoms. The molecule has 27 heavy (non-hydrogen) atoms. The minimum Gasteiger partial charge on any atom is -0.420 e. The highest BCUT2D eigenvalue weighted by atomic mass is 31.2. The third-order valence-corrected chi connectivity index (χ3v) is 5.69. The number of nitrogens with one attached hydrogen (secondary N) is 1. The Kier molecular flexibility index (Phi) is 6.40. The van der Waals surface area contributed by atoms with Crippen LogP contribution in [0.3, 0.4) is 0 Å². The lowest BCUT2D eigenvalue weighted by molar-refractivity contribution is 0.229. The van der Waals surface area contributed by atoms with Gasteiger partial charge in [-0.2, -0.15) is 4.98 Å². The van der Waals surface area contributed by atoms with Crippen molar-refractivity contribution < 1.29 is 18.0 Å². The summed E-state index contributed by atoms with van der Waals surface area (Å²) in [6, 6.07) is 13.4. The molecule has 2 heterocycles. The monoisotopic (exact) mass is 387 g/mol. The van der Waals surface area contributed by atoms with Crippen LogP contribution in [0.15, 0.2) is 59.3 Å². The Labute approximate surface area is 158 Å². The summed E-state index contributed by atoms with van der Waals surface area (Å²) in [5.41, 5.74) is 1.86. The molecule has 0 aliphatic rings. The van der Waals surface area contributed by atoms with Crippen LogP contribution in [0.4, 0.5) is 5.88 Å². The van der Waals surface area contributed by atoms with E-state index in [2.05, 4.69) is 15.3 Å². The highest BCUT2D eigenvalue weighted by molar-refractivity contribution is 7.62. The maximum Gasteiger partial charge on any atom is 0.385 e. The molecular weight excluding hydrogens is 365 g/mol. The van der Waals surface area contributed by atoms with Gasteiger partial charge in [-0.3, -0.25) is 9.55 Å². The van der Waals surface area contributed by atoms with E-state index in [1.54, 1.807) is 32.3 Å². The second-order valence-corrected chi connectivity index (χ2v) is 7.52. The topological polar surface area (TPSA) is 86.5 Å². The molecule has 3 rings (SSSR count). The third kappa shape index (κ3) is 4.63. The van der Waals surface area contributed by atoms with Crippen molar-refractivity contribution in [2.45, 2.75) is 20.4 Å². The largest absolute Gasteiger partial charge is 0.420 e. The lowest BCUT2D eigenvalue weighted by Crippen LogP contribution is -2.16. The van der Waals surface area contributed by atoms with E-state index >= 15 is 0 Å². The number of oxazole rings is 1. The van der Waals surface area contributed by atoms with E-state index in [-0.39, 0.29) is 24.5 Å². The summed E-state index contributed by atoms with van der Waals surface area (Å²) >= 11 is 0. The molecule has 1 N–H and O–H groups in total. The van der Waals surface area contributed by atoms with E-state index in [9.17, 15) is 4.57 Å². The standard InChI is InChI=1S/C19H22N3O4P/c1-3-24-27(23,25-4-2)19-18(21-13-15-9-6-5-7-10-15)26-17(22-19)16-11-8-12-20-14-16/h5-12,14,21H,3-4,13H2,1-2H3. The predicted octanol–water partition coefficient (Wildman–Crippen LogP) is 4.24. The molecule has 0 atom stereocenters. The van der Waals surface area contributed by atoms with Crippen molar-refractivity contribution in [2.75, 3.05) is 18.5 Å². The minimum absolute atomic E-state index is 0.140. The zero-order chi connectivity index (χ0) is 19.1. The SMILES string of the molecule is CCOP(=O)(OCC)c1nc(-c2cccnc2)oc1NCc1ccccc1. The molecule has 2 aromatic heterocycles. The van der Waals surface area contributed by atoms with Gasteiger partial charge >= 0.3 is 7.60 Å². The van der Waals surface area contributed by atoms with Gasteiger partial charge in [-0.1, -0.05) is 30.3 Å². The Morgan fingerprint density at radius 3 is 2.44 bits per heavy atom. The fourth-order valence-electron chi connectivity index (χ4n) is 2.50. The van der Waals surface area contributed by atoms with Gasteiger partial charge in [0, 0.05) is 18.9 Å². The van der Waals surface area contributed by atoms with E-state index in [0.717, 1.165) is 5.56 Å². The predicted molar refractivity (Wildman–Crippen MR) is 104 cm³/mol. The lowest BCUT2D eigenvalue weighted by atomic mass is 10.2. The fourth-order valence-corrected chi connectivity index (χ4v) is 4.09. The molecule has 1 aromatic carbocycles. The first-order valence-corrected chi connectivity index (χ1v) is 10.3. The molecule has 0 fully saturated rings. The van der Waals surface area contributed by atoms with Crippen molar-refractivity contribution >= 4 is 18.9 Å². The molecule has 0 unspecified atom stereocenters. The summed E-state index contributed by atoms with van der Waals surface area (Å²) in [5.74, 6) is 0.566. The summed E-state index contributed by atoms with van der Waals surface area (Å²) in [7, 11) is -3.62. The Morgan fingerprint density at radius 1 is 1.07 bits per heavy atom. The smallest absolute Gasteiger partial charge is 0.385 e. The Bertz CT molecular complexity index is 890. The van der Waals surface area contributed by atoms with Crippen molar-refractivity contribution in [3.05, 3.63) is 60.4 Å². The highest BCUT2D eigenvalue weighted by Crippen LogP contribution is 2.49. The Morgan fingerprint density at radius 2 is 1.81 bits per heavy atom. The molecule has 0 saturated carbocycles. The maximum absolute atomic E-state index is 13.3. The first kappa shape index (κ1) is 19.3. The lowest BCUT2D eigenvalue weighted by Gasteiger charge is -2.15. The number of hydrogen-bond acceptors (Lipinski definition) is 7. The quantitative estimate of drug-likeness (QED) is 0.550. The van der Waals surface area contributed by atoms with Crippen molar-refractivity contribution in [3.8, 4) is 11.5 Å². The fraction of sp³-hybridized carbons (Fsp3) is 0.263. The van der Waals surface area contributed by atoms with Gasteiger partial charge < -0.3 is 18.8 Å². The van der Waals surface area contributed by atoms with Crippen molar-refractivity contribution in [3.63, 3.8) is 0 Å². The molecule has 0 saturated heterocycles.